The number of nitrogens with zero attached hydrogens (tertiary/aromatic N) is 6. The average molecular weight is 547 g/mol. The van der Waals surface area contributed by atoms with E-state index in [0.717, 1.165) is 5.69 Å². The predicted octanol–water partition coefficient (Wildman–Crippen LogP) is 1.78. The van der Waals surface area contributed by atoms with Gasteiger partial charge in [0, 0.05) is 65.6 Å². The molecule has 0 unspecified atom stereocenters. The molecule has 0 spiro atoms. The number of carbonyl (C=O) groups excluding carboxylic acids is 2. The van der Waals surface area contributed by atoms with Gasteiger partial charge in [0.25, 0.3) is 21.8 Å². The van der Waals surface area contributed by atoms with Crippen molar-refractivity contribution >= 4 is 39.1 Å². The zero-order valence-corrected chi connectivity index (χ0v) is 21.9. The van der Waals surface area contributed by atoms with Crippen LogP contribution < -0.4 is 4.90 Å². The van der Waals surface area contributed by atoms with E-state index in [0.29, 0.717) is 31.2 Å². The first-order chi connectivity index (χ1) is 17.8. The van der Waals surface area contributed by atoms with Gasteiger partial charge in [-0.05, 0) is 24.3 Å². The number of para-hydroxylation sites is 1. The van der Waals surface area contributed by atoms with Crippen LogP contribution in [0.25, 0.3) is 0 Å². The van der Waals surface area contributed by atoms with Crippen LogP contribution >= 0.6 is 11.6 Å². The lowest BCUT2D eigenvalue weighted by Gasteiger charge is -2.36. The van der Waals surface area contributed by atoms with Crippen molar-refractivity contribution < 1.29 is 22.4 Å². The third kappa shape index (κ3) is 4.96. The molecule has 11 nitrogen and oxygen atoms in total. The van der Waals surface area contributed by atoms with Crippen molar-refractivity contribution in [1.82, 2.24) is 23.9 Å². The Labute approximate surface area is 219 Å². The van der Waals surface area contributed by atoms with Crippen LogP contribution in [0, 0.1) is 0 Å². The van der Waals surface area contributed by atoms with E-state index in [1.54, 1.807) is 35.0 Å². The van der Waals surface area contributed by atoms with Crippen molar-refractivity contribution in [2.24, 2.45) is 7.05 Å². The van der Waals surface area contributed by atoms with Crippen molar-refractivity contribution in [3.63, 3.8) is 0 Å². The Morgan fingerprint density at radius 1 is 0.892 bits per heavy atom. The largest absolute Gasteiger partial charge is 0.459 e. The Kier molecular flexibility index (Phi) is 6.97. The monoisotopic (exact) mass is 546 g/mol. The molecule has 13 heteroatoms. The fourth-order valence-corrected chi connectivity index (χ4v) is 6.44. The summed E-state index contributed by atoms with van der Waals surface area (Å²) in [6, 6.07) is 10.7. The Balaban J connectivity index is 1.27. The highest BCUT2D eigenvalue weighted by atomic mass is 35.5. The van der Waals surface area contributed by atoms with E-state index >= 15 is 0 Å². The number of hydrogen-bond acceptors (Lipinski definition) is 7. The van der Waals surface area contributed by atoms with Gasteiger partial charge in [-0.25, -0.2) is 8.42 Å². The number of carbonyl (C=O) groups is 2. The minimum absolute atomic E-state index is 0.0295. The number of hydrogen-bond donors (Lipinski definition) is 0. The van der Waals surface area contributed by atoms with E-state index in [1.807, 2.05) is 23.1 Å². The molecule has 4 heterocycles. The van der Waals surface area contributed by atoms with Gasteiger partial charge in [0.2, 0.25) is 5.03 Å². The molecule has 2 aliphatic heterocycles. The molecule has 196 valence electrons. The first-order valence-corrected chi connectivity index (χ1v) is 13.7. The second-order valence-electron chi connectivity index (χ2n) is 8.93. The summed E-state index contributed by atoms with van der Waals surface area (Å²) in [7, 11) is -2.42. The van der Waals surface area contributed by atoms with Crippen molar-refractivity contribution in [3.05, 3.63) is 65.2 Å². The smallest absolute Gasteiger partial charge is 0.289 e. The second-order valence-corrected chi connectivity index (χ2v) is 11.2. The normalized spacial score (nSPS) is 17.3. The summed E-state index contributed by atoms with van der Waals surface area (Å²) in [6.45, 7) is 2.59. The van der Waals surface area contributed by atoms with Crippen LogP contribution in [0.1, 0.15) is 20.9 Å². The summed E-state index contributed by atoms with van der Waals surface area (Å²) in [5.74, 6) is -0.417. The van der Waals surface area contributed by atoms with Crippen molar-refractivity contribution in [3.8, 4) is 0 Å². The first-order valence-electron chi connectivity index (χ1n) is 11.9. The number of amides is 2. The summed E-state index contributed by atoms with van der Waals surface area (Å²) in [4.78, 5) is 31.1. The van der Waals surface area contributed by atoms with Crippen LogP contribution in [0.3, 0.4) is 0 Å². The van der Waals surface area contributed by atoms with Gasteiger partial charge in [0.15, 0.2) is 5.76 Å². The van der Waals surface area contributed by atoms with Crippen molar-refractivity contribution in [2.45, 2.75) is 5.03 Å². The van der Waals surface area contributed by atoms with E-state index in [4.69, 9.17) is 16.0 Å². The third-order valence-corrected chi connectivity index (χ3v) is 8.78. The zero-order valence-electron chi connectivity index (χ0n) is 20.3. The number of piperazine rings is 2. The van der Waals surface area contributed by atoms with Crippen LogP contribution in [0.2, 0.25) is 5.02 Å². The molecule has 0 radical (unpaired) electrons. The van der Waals surface area contributed by atoms with Gasteiger partial charge in [-0.15, -0.1) is 0 Å². The Hall–Kier alpha value is -3.35. The molecule has 2 aromatic heterocycles. The van der Waals surface area contributed by atoms with Gasteiger partial charge in [0.1, 0.15) is 0 Å². The van der Waals surface area contributed by atoms with Crippen LogP contribution in [0.4, 0.5) is 5.69 Å². The number of halogens is 1. The number of anilines is 1. The number of aryl methyl sites for hydroxylation is 1. The van der Waals surface area contributed by atoms with Crippen LogP contribution in [-0.2, 0) is 17.1 Å². The van der Waals surface area contributed by atoms with Gasteiger partial charge in [-0.3, -0.25) is 14.3 Å². The van der Waals surface area contributed by atoms with E-state index in [9.17, 15) is 18.0 Å². The first kappa shape index (κ1) is 25.3. The van der Waals surface area contributed by atoms with Gasteiger partial charge < -0.3 is 19.1 Å². The summed E-state index contributed by atoms with van der Waals surface area (Å²) >= 11 is 6.31. The predicted molar refractivity (Wildman–Crippen MR) is 136 cm³/mol. The molecule has 0 aliphatic carbocycles. The number of benzene rings is 1. The van der Waals surface area contributed by atoms with E-state index in [2.05, 4.69) is 5.10 Å². The number of sulfonamides is 1. The molecule has 2 saturated heterocycles. The number of aromatic nitrogens is 2. The minimum Gasteiger partial charge on any atom is -0.459 e. The highest BCUT2D eigenvalue weighted by Gasteiger charge is 2.37. The lowest BCUT2D eigenvalue weighted by Crippen LogP contribution is -2.51. The molecule has 2 amide bonds. The minimum atomic E-state index is -4.01. The van der Waals surface area contributed by atoms with Crippen molar-refractivity contribution in [2.75, 3.05) is 57.3 Å². The molecule has 5 rings (SSSR count). The van der Waals surface area contributed by atoms with Gasteiger partial charge in [-0.2, -0.15) is 9.40 Å². The van der Waals surface area contributed by atoms with E-state index in [1.165, 1.54) is 21.4 Å². The van der Waals surface area contributed by atoms with Crippen LogP contribution in [0.5, 0.6) is 0 Å². The molecule has 0 saturated carbocycles. The highest BCUT2D eigenvalue weighted by Crippen LogP contribution is 2.28. The fraction of sp³-hybridized carbons (Fsp3) is 0.375. The molecule has 1 aromatic carbocycles. The Morgan fingerprint density at radius 2 is 1.54 bits per heavy atom. The topological polar surface area (TPSA) is 112 Å². The van der Waals surface area contributed by atoms with Crippen molar-refractivity contribution in [1.29, 1.82) is 0 Å². The maximum atomic E-state index is 13.6. The average Bonchev–Trinajstić information content (AvgIpc) is 3.59. The van der Waals surface area contributed by atoms with Crippen LogP contribution in [0.15, 0.2) is 58.3 Å². The molecule has 2 aliphatic rings. The fourth-order valence-electron chi connectivity index (χ4n) is 4.64. The van der Waals surface area contributed by atoms with Gasteiger partial charge in [0.05, 0.1) is 22.5 Å². The quantitative estimate of drug-likeness (QED) is 0.479. The maximum absolute atomic E-state index is 13.6. The van der Waals surface area contributed by atoms with Gasteiger partial charge >= 0.3 is 0 Å². The molecule has 3 aromatic rings. The van der Waals surface area contributed by atoms with E-state index in [-0.39, 0.29) is 48.4 Å². The molecular formula is C24H27ClN6O5S. The second kappa shape index (κ2) is 10.2. The number of rotatable bonds is 5. The lowest BCUT2D eigenvalue weighted by atomic mass is 10.2. The Bertz CT molecular complexity index is 1390. The number of furan rings is 1. The summed E-state index contributed by atoms with van der Waals surface area (Å²) in [5, 5.41) is 4.53. The molecule has 2 fully saturated rings. The SMILES string of the molecule is Cn1cc(C(=O)N2CCN(C(=O)c3ccco3)CC2)c(S(=O)(=O)N2CCN(c3ccccc3Cl)CC2)n1. The van der Waals surface area contributed by atoms with Gasteiger partial charge in [-0.1, -0.05) is 23.7 Å². The lowest BCUT2D eigenvalue weighted by molar-refractivity contribution is 0.0516. The third-order valence-electron chi connectivity index (χ3n) is 6.63. The molecule has 37 heavy (non-hydrogen) atoms. The summed E-state index contributed by atoms with van der Waals surface area (Å²) in [6.07, 6.45) is 2.88. The molecule has 0 atom stereocenters. The Morgan fingerprint density at radius 3 is 2.16 bits per heavy atom. The maximum Gasteiger partial charge on any atom is 0.289 e. The molecular weight excluding hydrogens is 520 g/mol. The molecule has 0 N–H and O–H groups in total. The standard InChI is InChI=1S/C24H27ClN6O5S/c1-27-17-18(23(32)29-8-10-30(11-9-29)24(33)21-7-4-16-36-21)22(26-27)37(34,35)31-14-12-28(13-15-31)20-6-3-2-5-19(20)25/h2-7,16-17H,8-15H2,1H3. The summed E-state index contributed by atoms with van der Waals surface area (Å²) in [5.41, 5.74) is 0.890. The highest BCUT2D eigenvalue weighted by molar-refractivity contribution is 7.89. The molecule has 0 bridgehead atoms. The van der Waals surface area contributed by atoms with Crippen LogP contribution in [-0.4, -0.2) is 96.5 Å². The zero-order chi connectivity index (χ0) is 26.2. The van der Waals surface area contributed by atoms with E-state index < -0.39 is 15.9 Å². The summed E-state index contributed by atoms with van der Waals surface area (Å²) < 4.78 is 35.0.